The van der Waals surface area contributed by atoms with Gasteiger partial charge in [0, 0.05) is 23.6 Å². The zero-order chi connectivity index (χ0) is 17.9. The van der Waals surface area contributed by atoms with Gasteiger partial charge in [-0.1, -0.05) is 37.5 Å². The molecule has 1 rings (SSSR count). The van der Waals surface area contributed by atoms with Gasteiger partial charge in [0.05, 0.1) is 11.3 Å². The fourth-order valence-corrected chi connectivity index (χ4v) is 3.92. The van der Waals surface area contributed by atoms with Crippen molar-refractivity contribution in [2.75, 3.05) is 12.4 Å². The van der Waals surface area contributed by atoms with Gasteiger partial charge in [0.25, 0.3) is 0 Å². The fraction of sp³-hybridized carbons (Fsp3) is 0.667. The molecule has 0 bridgehead atoms. The van der Waals surface area contributed by atoms with Crippen molar-refractivity contribution in [1.82, 2.24) is 0 Å². The lowest BCUT2D eigenvalue weighted by atomic mass is 9.82. The second-order valence-electron chi connectivity index (χ2n) is 5.99. The van der Waals surface area contributed by atoms with Crippen molar-refractivity contribution in [2.24, 2.45) is 11.1 Å². The number of hydrogen-bond donors (Lipinski definition) is 1. The summed E-state index contributed by atoms with van der Waals surface area (Å²) in [5.41, 5.74) is 2.20. The van der Waals surface area contributed by atoms with Crippen LogP contribution in [0.5, 0.6) is 0 Å². The highest BCUT2D eigenvalue weighted by atomic mass is 35.5. The normalized spacial score (nSPS) is 20.8. The molecule has 2 unspecified atom stereocenters. The Balaban J connectivity index is 2.75. The number of oxime groups is 1. The van der Waals surface area contributed by atoms with E-state index in [2.05, 4.69) is 19.0 Å². The van der Waals surface area contributed by atoms with E-state index in [1.807, 2.05) is 18.7 Å². The van der Waals surface area contributed by atoms with Crippen LogP contribution in [0, 0.1) is 5.92 Å². The molecule has 0 fully saturated rings. The monoisotopic (exact) mass is 373 g/mol. The summed E-state index contributed by atoms with van der Waals surface area (Å²) in [7, 11) is 0. The summed E-state index contributed by atoms with van der Waals surface area (Å²) >= 11 is 7.35. The summed E-state index contributed by atoms with van der Waals surface area (Å²) in [5, 5.41) is 14.9. The van der Waals surface area contributed by atoms with Crippen molar-refractivity contribution in [2.45, 2.75) is 58.1 Å². The predicted molar refractivity (Wildman–Crippen MR) is 103 cm³/mol. The Bertz CT molecular complexity index is 502. The molecular formula is C18H28ClNO3S. The Morgan fingerprint density at radius 1 is 1.50 bits per heavy atom. The molecule has 2 atom stereocenters. The molecule has 4 nitrogen and oxygen atoms in total. The molecule has 1 N–H and O–H groups in total. The zero-order valence-electron chi connectivity index (χ0n) is 14.8. The molecule has 0 amide bonds. The van der Waals surface area contributed by atoms with Gasteiger partial charge in [-0.05, 0) is 37.0 Å². The minimum absolute atomic E-state index is 0.0338. The molecule has 0 spiro atoms. The Hall–Kier alpha value is -0.940. The van der Waals surface area contributed by atoms with Crippen LogP contribution >= 0.6 is 23.4 Å². The summed E-state index contributed by atoms with van der Waals surface area (Å²) in [6.07, 6.45) is 5.26. The highest BCUT2D eigenvalue weighted by molar-refractivity contribution is 7.99. The number of hydrogen-bond acceptors (Lipinski definition) is 5. The van der Waals surface area contributed by atoms with E-state index in [-0.39, 0.29) is 24.1 Å². The summed E-state index contributed by atoms with van der Waals surface area (Å²) in [5.74, 6) is 1.46. The third kappa shape index (κ3) is 6.89. The highest BCUT2D eigenvalue weighted by Crippen LogP contribution is 2.32. The first-order valence-corrected chi connectivity index (χ1v) is 10.0. The molecule has 6 heteroatoms. The molecule has 0 saturated carbocycles. The van der Waals surface area contributed by atoms with E-state index in [1.54, 1.807) is 6.08 Å². The van der Waals surface area contributed by atoms with Crippen LogP contribution in [0.1, 0.15) is 52.9 Å². The molecule has 0 radical (unpaired) electrons. The molecule has 136 valence electrons. The SMILES string of the molecule is CCCSC(C)CC1CC(=O)C(C(CC)=NOC/C=C/Cl)=C(O)C1. The van der Waals surface area contributed by atoms with Gasteiger partial charge in [0.2, 0.25) is 0 Å². The van der Waals surface area contributed by atoms with Crippen molar-refractivity contribution in [3.63, 3.8) is 0 Å². The summed E-state index contributed by atoms with van der Waals surface area (Å²) in [6.45, 7) is 6.49. The topological polar surface area (TPSA) is 58.9 Å². The first-order valence-electron chi connectivity index (χ1n) is 8.54. The van der Waals surface area contributed by atoms with Crippen LogP contribution < -0.4 is 0 Å². The van der Waals surface area contributed by atoms with Gasteiger partial charge in [-0.2, -0.15) is 11.8 Å². The second kappa shape index (κ2) is 11.6. The molecule has 0 aromatic carbocycles. The Morgan fingerprint density at radius 2 is 2.25 bits per heavy atom. The minimum Gasteiger partial charge on any atom is -0.511 e. The van der Waals surface area contributed by atoms with Gasteiger partial charge in [-0.3, -0.25) is 4.79 Å². The van der Waals surface area contributed by atoms with Crippen molar-refractivity contribution in [1.29, 1.82) is 0 Å². The van der Waals surface area contributed by atoms with Gasteiger partial charge in [0.1, 0.15) is 12.4 Å². The number of halogens is 1. The maximum Gasteiger partial charge on any atom is 0.168 e. The molecule has 1 aliphatic rings. The van der Waals surface area contributed by atoms with E-state index in [0.717, 1.165) is 18.6 Å². The largest absolute Gasteiger partial charge is 0.511 e. The molecule has 0 aromatic heterocycles. The van der Waals surface area contributed by atoms with Gasteiger partial charge in [-0.25, -0.2) is 0 Å². The Labute approximate surface area is 154 Å². The smallest absolute Gasteiger partial charge is 0.168 e. The maximum absolute atomic E-state index is 12.5. The molecule has 0 aromatic rings. The lowest BCUT2D eigenvalue weighted by Gasteiger charge is -2.25. The van der Waals surface area contributed by atoms with Crippen LogP contribution in [0.15, 0.2) is 28.1 Å². The number of rotatable bonds is 10. The van der Waals surface area contributed by atoms with Crippen molar-refractivity contribution in [3.05, 3.63) is 22.9 Å². The van der Waals surface area contributed by atoms with Gasteiger partial charge in [-0.15, -0.1) is 0 Å². The van der Waals surface area contributed by atoms with E-state index >= 15 is 0 Å². The van der Waals surface area contributed by atoms with Gasteiger partial charge in [0.15, 0.2) is 5.78 Å². The van der Waals surface area contributed by atoms with Crippen LogP contribution in [-0.4, -0.2) is 34.2 Å². The van der Waals surface area contributed by atoms with E-state index < -0.39 is 0 Å². The first kappa shape index (κ1) is 21.1. The van der Waals surface area contributed by atoms with Crippen LogP contribution in [0.2, 0.25) is 0 Å². The van der Waals surface area contributed by atoms with Crippen molar-refractivity contribution >= 4 is 34.9 Å². The highest BCUT2D eigenvalue weighted by Gasteiger charge is 2.31. The number of ketones is 1. The number of aliphatic hydroxyl groups excluding tert-OH is 1. The number of Topliss-reactive ketones (excluding diaryl/α,β-unsaturated/α-hetero) is 1. The molecular weight excluding hydrogens is 346 g/mol. The molecule has 0 aliphatic heterocycles. The minimum atomic E-state index is -0.0338. The van der Waals surface area contributed by atoms with E-state index in [9.17, 15) is 9.90 Å². The molecule has 0 saturated heterocycles. The number of nitrogens with zero attached hydrogens (tertiary/aromatic N) is 1. The summed E-state index contributed by atoms with van der Waals surface area (Å²) in [6, 6.07) is 0. The number of allylic oxidation sites excluding steroid dienone is 2. The van der Waals surface area contributed by atoms with Crippen LogP contribution in [0.3, 0.4) is 0 Å². The van der Waals surface area contributed by atoms with Crippen molar-refractivity contribution < 1.29 is 14.7 Å². The average Bonchev–Trinajstić information content (AvgIpc) is 2.54. The van der Waals surface area contributed by atoms with Crippen LogP contribution in [0.4, 0.5) is 0 Å². The standard InChI is InChI=1S/C18H28ClNO3S/c1-4-9-24-13(3)10-14-11-16(21)18(17(22)12-14)15(5-2)20-23-8-6-7-19/h6-7,13-14,21H,4-5,8-12H2,1-3H3/b7-6+,20-15?. The molecule has 0 heterocycles. The fourth-order valence-electron chi connectivity index (χ4n) is 2.81. The third-order valence-electron chi connectivity index (χ3n) is 3.85. The van der Waals surface area contributed by atoms with Gasteiger partial charge < -0.3 is 9.94 Å². The maximum atomic E-state index is 12.5. The van der Waals surface area contributed by atoms with Crippen LogP contribution in [-0.2, 0) is 9.63 Å². The Kier molecular flexibility index (Phi) is 10.2. The second-order valence-corrected chi connectivity index (χ2v) is 7.78. The molecule has 1 aliphatic carbocycles. The Morgan fingerprint density at radius 3 is 2.83 bits per heavy atom. The third-order valence-corrected chi connectivity index (χ3v) is 5.44. The number of carbonyl (C=O) groups is 1. The average molecular weight is 374 g/mol. The molecule has 24 heavy (non-hydrogen) atoms. The number of thioether (sulfide) groups is 1. The first-order chi connectivity index (χ1) is 11.5. The zero-order valence-corrected chi connectivity index (χ0v) is 16.3. The lowest BCUT2D eigenvalue weighted by Crippen LogP contribution is -2.26. The van der Waals surface area contributed by atoms with E-state index in [4.69, 9.17) is 16.4 Å². The summed E-state index contributed by atoms with van der Waals surface area (Å²) in [4.78, 5) is 17.6. The number of carbonyl (C=O) groups excluding carboxylic acids is 1. The van der Waals surface area contributed by atoms with Gasteiger partial charge >= 0.3 is 0 Å². The number of aliphatic hydroxyl groups is 1. The quantitative estimate of drug-likeness (QED) is 0.323. The van der Waals surface area contributed by atoms with Crippen LogP contribution in [0.25, 0.3) is 0 Å². The predicted octanol–water partition coefficient (Wildman–Crippen LogP) is 5.23. The summed E-state index contributed by atoms with van der Waals surface area (Å²) < 4.78 is 0. The lowest BCUT2D eigenvalue weighted by molar-refractivity contribution is -0.116. The van der Waals surface area contributed by atoms with Crippen molar-refractivity contribution in [3.8, 4) is 0 Å². The van der Waals surface area contributed by atoms with E-state index in [0.29, 0.717) is 35.8 Å². The van der Waals surface area contributed by atoms with E-state index in [1.165, 1.54) is 5.54 Å².